The lowest BCUT2D eigenvalue weighted by molar-refractivity contribution is 0.508. The zero-order valence-electron chi connectivity index (χ0n) is 17.4. The topological polar surface area (TPSA) is 43.4 Å². The second-order valence-corrected chi connectivity index (χ2v) is 11.7. The molecule has 4 aromatic rings. The second-order valence-electron chi connectivity index (χ2n) is 7.28. The van der Waals surface area contributed by atoms with Crippen LogP contribution in [0.5, 0.6) is 0 Å². The standard InChI is InChI=1S/C26H24O3S2/c1-21-17-19-25(20-18-21)31(27,28)29-30(23-12-5-3-6-13-23,24-14-7-4-8-15-24)26-16-10-9-11-22(26)2/h3-20H,1-2H3. The Morgan fingerprint density at radius 2 is 1.03 bits per heavy atom. The molecule has 4 rings (SSSR count). The van der Waals surface area contributed by atoms with E-state index in [1.165, 1.54) is 0 Å². The molecule has 0 saturated carbocycles. The van der Waals surface area contributed by atoms with Crippen molar-refractivity contribution in [3.05, 3.63) is 120 Å². The van der Waals surface area contributed by atoms with Crippen molar-refractivity contribution in [1.82, 2.24) is 0 Å². The lowest BCUT2D eigenvalue weighted by Crippen LogP contribution is -2.15. The maximum absolute atomic E-state index is 13.6. The zero-order valence-corrected chi connectivity index (χ0v) is 19.1. The van der Waals surface area contributed by atoms with Crippen molar-refractivity contribution in [3.63, 3.8) is 0 Å². The van der Waals surface area contributed by atoms with E-state index in [-0.39, 0.29) is 4.90 Å². The van der Waals surface area contributed by atoms with Crippen LogP contribution in [0.3, 0.4) is 0 Å². The van der Waals surface area contributed by atoms with Crippen molar-refractivity contribution in [2.24, 2.45) is 0 Å². The molecule has 0 aliphatic rings. The number of aryl methyl sites for hydroxylation is 2. The minimum absolute atomic E-state index is 0.149. The van der Waals surface area contributed by atoms with Gasteiger partial charge in [0.1, 0.15) is 0 Å². The quantitative estimate of drug-likeness (QED) is 0.322. The first-order chi connectivity index (χ1) is 14.9. The van der Waals surface area contributed by atoms with Crippen LogP contribution in [0.15, 0.2) is 129 Å². The number of benzene rings is 4. The summed E-state index contributed by atoms with van der Waals surface area (Å²) in [6.45, 7) is 3.92. The fraction of sp³-hybridized carbons (Fsp3) is 0.0769. The summed E-state index contributed by atoms with van der Waals surface area (Å²) >= 11 is 0. The van der Waals surface area contributed by atoms with Crippen LogP contribution in [-0.4, -0.2) is 8.42 Å². The molecule has 0 N–H and O–H groups in total. The van der Waals surface area contributed by atoms with Crippen LogP contribution in [0.4, 0.5) is 0 Å². The maximum atomic E-state index is 13.6. The van der Waals surface area contributed by atoms with E-state index >= 15 is 0 Å². The summed E-state index contributed by atoms with van der Waals surface area (Å²) < 4.78 is 33.5. The van der Waals surface area contributed by atoms with Crippen LogP contribution >= 0.6 is 10.3 Å². The number of hydrogen-bond acceptors (Lipinski definition) is 3. The molecule has 0 aliphatic carbocycles. The van der Waals surface area contributed by atoms with Crippen LogP contribution < -0.4 is 0 Å². The number of rotatable bonds is 6. The highest BCUT2D eigenvalue weighted by atomic mass is 32.3. The second kappa shape index (κ2) is 8.71. The highest BCUT2D eigenvalue weighted by Gasteiger charge is 2.39. The Morgan fingerprint density at radius 1 is 0.548 bits per heavy atom. The third kappa shape index (κ3) is 4.17. The van der Waals surface area contributed by atoms with E-state index in [0.29, 0.717) is 0 Å². The molecule has 0 fully saturated rings. The monoisotopic (exact) mass is 448 g/mol. The summed E-state index contributed by atoms with van der Waals surface area (Å²) in [4.78, 5) is 2.66. The van der Waals surface area contributed by atoms with Gasteiger partial charge < -0.3 is 0 Å². The molecule has 5 heteroatoms. The molecule has 0 radical (unpaired) electrons. The first kappa shape index (κ1) is 21.4. The molecule has 0 spiro atoms. The van der Waals surface area contributed by atoms with Gasteiger partial charge in [-0.05, 0) is 72.2 Å². The van der Waals surface area contributed by atoms with Gasteiger partial charge in [-0.25, -0.2) is 3.63 Å². The highest BCUT2D eigenvalue weighted by Crippen LogP contribution is 2.70. The van der Waals surface area contributed by atoms with Gasteiger partial charge in [0.25, 0.3) is 0 Å². The van der Waals surface area contributed by atoms with Crippen LogP contribution in [0, 0.1) is 13.8 Å². The van der Waals surface area contributed by atoms with Gasteiger partial charge in [-0.1, -0.05) is 72.3 Å². The van der Waals surface area contributed by atoms with Crippen LogP contribution in [0.25, 0.3) is 0 Å². The average molecular weight is 449 g/mol. The largest absolute Gasteiger partial charge is 0.307 e. The molecule has 0 aromatic heterocycles. The van der Waals surface area contributed by atoms with E-state index < -0.39 is 20.4 Å². The Hall–Kier alpha value is -2.86. The summed E-state index contributed by atoms with van der Waals surface area (Å²) in [6.07, 6.45) is 0. The van der Waals surface area contributed by atoms with Crippen LogP contribution in [0.1, 0.15) is 11.1 Å². The lowest BCUT2D eigenvalue weighted by atomic mass is 10.2. The van der Waals surface area contributed by atoms with Gasteiger partial charge in [0, 0.05) is 14.7 Å². The lowest BCUT2D eigenvalue weighted by Gasteiger charge is -2.40. The molecule has 0 heterocycles. The first-order valence-electron chi connectivity index (χ1n) is 9.95. The third-order valence-corrected chi connectivity index (χ3v) is 10.4. The molecule has 0 amide bonds. The fourth-order valence-corrected chi connectivity index (χ4v) is 8.92. The van der Waals surface area contributed by atoms with Crippen LogP contribution in [0.2, 0.25) is 0 Å². The van der Waals surface area contributed by atoms with Crippen molar-refractivity contribution in [2.45, 2.75) is 33.4 Å². The van der Waals surface area contributed by atoms with Crippen molar-refractivity contribution in [3.8, 4) is 0 Å². The highest BCUT2D eigenvalue weighted by molar-refractivity contribution is 8.33. The number of hydrogen-bond donors (Lipinski definition) is 0. The Balaban J connectivity index is 2.03. The maximum Gasteiger partial charge on any atom is 0.307 e. The molecule has 0 saturated heterocycles. The normalized spacial score (nSPS) is 12.5. The van der Waals surface area contributed by atoms with Gasteiger partial charge >= 0.3 is 10.1 Å². The van der Waals surface area contributed by atoms with Crippen molar-refractivity contribution < 1.29 is 12.0 Å². The van der Waals surface area contributed by atoms with Gasteiger partial charge in [0.2, 0.25) is 0 Å². The summed E-state index contributed by atoms with van der Waals surface area (Å²) in [7, 11) is -6.63. The third-order valence-electron chi connectivity index (χ3n) is 5.05. The van der Waals surface area contributed by atoms with E-state index in [1.54, 1.807) is 24.3 Å². The van der Waals surface area contributed by atoms with Crippen molar-refractivity contribution in [2.75, 3.05) is 0 Å². The first-order valence-corrected chi connectivity index (χ1v) is 12.9. The van der Waals surface area contributed by atoms with Gasteiger partial charge in [-0.3, -0.25) is 0 Å². The molecule has 0 atom stereocenters. The smallest absolute Gasteiger partial charge is 0.203 e. The van der Waals surface area contributed by atoms with Gasteiger partial charge in [-0.2, -0.15) is 8.42 Å². The van der Waals surface area contributed by atoms with E-state index in [4.69, 9.17) is 3.63 Å². The molecule has 0 aliphatic heterocycles. The summed E-state index contributed by atoms with van der Waals surface area (Å²) in [5.74, 6) is 0. The Kier molecular flexibility index (Phi) is 6.01. The van der Waals surface area contributed by atoms with E-state index in [1.807, 2.05) is 98.8 Å². The molecule has 0 bridgehead atoms. The Morgan fingerprint density at radius 3 is 1.55 bits per heavy atom. The molecule has 4 aromatic carbocycles. The minimum Gasteiger partial charge on any atom is -0.203 e. The summed E-state index contributed by atoms with van der Waals surface area (Å²) in [6, 6.07) is 33.9. The van der Waals surface area contributed by atoms with Crippen molar-refractivity contribution >= 4 is 20.4 Å². The molecule has 3 nitrogen and oxygen atoms in total. The zero-order chi connectivity index (χ0) is 21.9. The summed E-state index contributed by atoms with van der Waals surface area (Å²) in [5.41, 5.74) is 1.96. The molecule has 31 heavy (non-hydrogen) atoms. The van der Waals surface area contributed by atoms with Gasteiger partial charge in [0.05, 0.1) is 4.90 Å². The van der Waals surface area contributed by atoms with Crippen molar-refractivity contribution in [1.29, 1.82) is 0 Å². The Bertz CT molecular complexity index is 1230. The average Bonchev–Trinajstić information content (AvgIpc) is 2.79. The SMILES string of the molecule is Cc1ccc(S(=O)(=O)OS(c2ccccc2)(c2ccccc2)c2ccccc2C)cc1. The minimum atomic E-state index is -4.06. The Labute approximate surface area is 186 Å². The molecule has 0 unspecified atom stereocenters. The predicted molar refractivity (Wildman–Crippen MR) is 126 cm³/mol. The predicted octanol–water partition coefficient (Wildman–Crippen LogP) is 6.91. The van der Waals surface area contributed by atoms with E-state index in [2.05, 4.69) is 0 Å². The van der Waals surface area contributed by atoms with E-state index in [0.717, 1.165) is 25.8 Å². The molecular weight excluding hydrogens is 424 g/mol. The van der Waals surface area contributed by atoms with Gasteiger partial charge in [0.15, 0.2) is 0 Å². The summed E-state index contributed by atoms with van der Waals surface area (Å²) in [5, 5.41) is 0. The van der Waals surface area contributed by atoms with Gasteiger partial charge in [-0.15, -0.1) is 0 Å². The molecular formula is C26H24O3S2. The molecule has 158 valence electrons. The fourth-order valence-electron chi connectivity index (χ4n) is 3.49. The van der Waals surface area contributed by atoms with E-state index in [9.17, 15) is 8.42 Å². The van der Waals surface area contributed by atoms with Crippen LogP contribution in [-0.2, 0) is 13.7 Å².